The van der Waals surface area contributed by atoms with Crippen molar-refractivity contribution in [2.45, 2.75) is 6.18 Å². The average molecular weight is 213 g/mol. The lowest BCUT2D eigenvalue weighted by atomic mass is 10.4. The number of nitrogens with two attached hydrogens (primary N) is 1. The Bertz CT molecular complexity index is 261. The van der Waals surface area contributed by atoms with Gasteiger partial charge >= 0.3 is 6.18 Å². The number of carbonyl (C=O) groups is 1. The highest BCUT2D eigenvalue weighted by atomic mass is 32.2. The molecule has 1 aliphatic rings. The molecule has 13 heavy (non-hydrogen) atoms. The standard InChI is InChI=1S/C6H6F3NO2S/c7-6(8,9)4-3(5(10)11)13-2-1-12-4/h1-2H2,(H2,10,11). The second kappa shape index (κ2) is 3.49. The lowest BCUT2D eigenvalue weighted by molar-refractivity contribution is -0.133. The molecule has 0 fully saturated rings. The van der Waals surface area contributed by atoms with Gasteiger partial charge < -0.3 is 10.5 Å². The van der Waals surface area contributed by atoms with E-state index in [4.69, 9.17) is 5.73 Å². The highest BCUT2D eigenvalue weighted by Gasteiger charge is 2.41. The molecule has 0 spiro atoms. The predicted molar refractivity (Wildman–Crippen MR) is 40.7 cm³/mol. The van der Waals surface area contributed by atoms with Gasteiger partial charge in [-0.1, -0.05) is 0 Å². The summed E-state index contributed by atoms with van der Waals surface area (Å²) in [4.78, 5) is 10.0. The third-order valence-corrected chi connectivity index (χ3v) is 2.31. The van der Waals surface area contributed by atoms with Crippen molar-refractivity contribution < 1.29 is 22.7 Å². The molecule has 0 unspecified atom stereocenters. The molecule has 0 saturated carbocycles. The molecule has 7 heteroatoms. The van der Waals surface area contributed by atoms with E-state index >= 15 is 0 Å². The van der Waals surface area contributed by atoms with Crippen molar-refractivity contribution >= 4 is 17.7 Å². The molecule has 0 aromatic carbocycles. The molecule has 74 valence electrons. The third kappa shape index (κ3) is 2.30. The minimum Gasteiger partial charge on any atom is -0.487 e. The van der Waals surface area contributed by atoms with E-state index in [-0.39, 0.29) is 6.61 Å². The molecule has 0 aromatic heterocycles. The molecule has 0 aliphatic carbocycles. The maximum Gasteiger partial charge on any atom is 0.450 e. The topological polar surface area (TPSA) is 52.3 Å². The SMILES string of the molecule is NC(=O)C1=C(C(F)(F)F)OCCS1. The predicted octanol–water partition coefficient (Wildman–Crippen LogP) is 1.01. The quantitative estimate of drug-likeness (QED) is 0.707. The number of carbonyl (C=O) groups excluding carboxylic acids is 1. The Morgan fingerprint density at radius 1 is 1.54 bits per heavy atom. The monoisotopic (exact) mass is 213 g/mol. The van der Waals surface area contributed by atoms with Crippen LogP contribution in [0.25, 0.3) is 0 Å². The number of halogens is 3. The fourth-order valence-corrected chi connectivity index (χ4v) is 1.63. The molecule has 0 bridgehead atoms. The van der Waals surface area contributed by atoms with Crippen LogP contribution in [0.15, 0.2) is 10.7 Å². The van der Waals surface area contributed by atoms with Gasteiger partial charge in [-0.05, 0) is 0 Å². The molecule has 0 aromatic rings. The maximum absolute atomic E-state index is 12.1. The first-order chi connectivity index (χ1) is 5.93. The first-order valence-electron chi connectivity index (χ1n) is 3.30. The van der Waals surface area contributed by atoms with Gasteiger partial charge in [-0.2, -0.15) is 13.2 Å². The van der Waals surface area contributed by atoms with Crippen molar-refractivity contribution in [3.8, 4) is 0 Å². The van der Waals surface area contributed by atoms with E-state index < -0.39 is 22.7 Å². The molecule has 1 amide bonds. The highest BCUT2D eigenvalue weighted by Crippen LogP contribution is 2.36. The zero-order chi connectivity index (χ0) is 10.1. The Kier molecular flexibility index (Phi) is 2.74. The Hall–Kier alpha value is -0.850. The van der Waals surface area contributed by atoms with E-state index in [0.29, 0.717) is 5.75 Å². The maximum atomic E-state index is 12.1. The molecule has 2 N–H and O–H groups in total. The molecular formula is C6H6F3NO2S. The van der Waals surface area contributed by atoms with Gasteiger partial charge in [0, 0.05) is 5.75 Å². The van der Waals surface area contributed by atoms with Crippen molar-refractivity contribution in [3.63, 3.8) is 0 Å². The van der Waals surface area contributed by atoms with Gasteiger partial charge in [-0.3, -0.25) is 4.79 Å². The number of ether oxygens (including phenoxy) is 1. The van der Waals surface area contributed by atoms with Crippen molar-refractivity contribution in [1.82, 2.24) is 0 Å². The van der Waals surface area contributed by atoms with Crippen molar-refractivity contribution in [3.05, 3.63) is 10.7 Å². The van der Waals surface area contributed by atoms with Crippen LogP contribution >= 0.6 is 11.8 Å². The van der Waals surface area contributed by atoms with Crippen molar-refractivity contribution in [1.29, 1.82) is 0 Å². The van der Waals surface area contributed by atoms with Crippen LogP contribution in [0.3, 0.4) is 0 Å². The first kappa shape index (κ1) is 10.2. The number of hydrogen-bond acceptors (Lipinski definition) is 3. The number of alkyl halides is 3. The second-order valence-electron chi connectivity index (χ2n) is 2.22. The Morgan fingerprint density at radius 3 is 2.54 bits per heavy atom. The molecular weight excluding hydrogens is 207 g/mol. The smallest absolute Gasteiger partial charge is 0.450 e. The van der Waals surface area contributed by atoms with Gasteiger partial charge in [0.25, 0.3) is 5.91 Å². The molecule has 1 rings (SSSR count). The summed E-state index contributed by atoms with van der Waals surface area (Å²) in [6, 6.07) is 0. The number of allylic oxidation sites excluding steroid dienone is 1. The van der Waals surface area contributed by atoms with Gasteiger partial charge in [0.15, 0.2) is 0 Å². The van der Waals surface area contributed by atoms with Gasteiger partial charge in [-0.25, -0.2) is 0 Å². The molecule has 3 nitrogen and oxygen atoms in total. The summed E-state index contributed by atoms with van der Waals surface area (Å²) in [5.41, 5.74) is 4.76. The number of thioether (sulfide) groups is 1. The van der Waals surface area contributed by atoms with E-state index in [2.05, 4.69) is 4.74 Å². The summed E-state index contributed by atoms with van der Waals surface area (Å²) in [6.45, 7) is -0.0592. The summed E-state index contributed by atoms with van der Waals surface area (Å²) in [7, 11) is 0. The van der Waals surface area contributed by atoms with Crippen LogP contribution in [-0.4, -0.2) is 24.4 Å². The van der Waals surface area contributed by atoms with Crippen LogP contribution in [0.1, 0.15) is 0 Å². The number of primary amides is 1. The Balaban J connectivity index is 3.04. The summed E-state index contributed by atoms with van der Waals surface area (Å²) in [5, 5.41) is 0. The summed E-state index contributed by atoms with van der Waals surface area (Å²) >= 11 is 0.766. The normalized spacial score (nSPS) is 18.4. The van der Waals surface area contributed by atoms with Crippen LogP contribution < -0.4 is 5.73 Å². The third-order valence-electron chi connectivity index (χ3n) is 1.26. The molecule has 0 saturated heterocycles. The molecule has 0 radical (unpaired) electrons. The average Bonchev–Trinajstić information content (AvgIpc) is 2.03. The molecule has 0 atom stereocenters. The second-order valence-corrected chi connectivity index (χ2v) is 3.32. The fraction of sp³-hybridized carbons (Fsp3) is 0.500. The van der Waals surface area contributed by atoms with E-state index in [1.54, 1.807) is 0 Å². The minimum atomic E-state index is -4.64. The molecule has 1 heterocycles. The van der Waals surface area contributed by atoms with Crippen molar-refractivity contribution in [2.24, 2.45) is 5.73 Å². The summed E-state index contributed by atoms with van der Waals surface area (Å²) in [5.74, 6) is -2.06. The summed E-state index contributed by atoms with van der Waals surface area (Å²) < 4.78 is 40.8. The minimum absolute atomic E-state index is 0.0592. The van der Waals surface area contributed by atoms with E-state index in [0.717, 1.165) is 11.8 Å². The van der Waals surface area contributed by atoms with E-state index in [9.17, 15) is 18.0 Å². The van der Waals surface area contributed by atoms with Gasteiger partial charge in [-0.15, -0.1) is 11.8 Å². The zero-order valence-corrected chi connectivity index (χ0v) is 7.17. The summed E-state index contributed by atoms with van der Waals surface area (Å²) in [6.07, 6.45) is -4.64. The van der Waals surface area contributed by atoms with Crippen LogP contribution in [0, 0.1) is 0 Å². The van der Waals surface area contributed by atoms with Gasteiger partial charge in [0.2, 0.25) is 5.76 Å². The number of amides is 1. The highest BCUT2D eigenvalue weighted by molar-refractivity contribution is 8.04. The van der Waals surface area contributed by atoms with Gasteiger partial charge in [0.1, 0.15) is 4.91 Å². The van der Waals surface area contributed by atoms with Crippen LogP contribution in [0.2, 0.25) is 0 Å². The first-order valence-corrected chi connectivity index (χ1v) is 4.28. The van der Waals surface area contributed by atoms with Crippen LogP contribution in [0.4, 0.5) is 13.2 Å². The van der Waals surface area contributed by atoms with E-state index in [1.807, 2.05) is 0 Å². The Morgan fingerprint density at radius 2 is 2.15 bits per heavy atom. The van der Waals surface area contributed by atoms with Crippen LogP contribution in [0.5, 0.6) is 0 Å². The fourth-order valence-electron chi connectivity index (χ4n) is 0.812. The number of rotatable bonds is 1. The van der Waals surface area contributed by atoms with Crippen molar-refractivity contribution in [2.75, 3.05) is 12.4 Å². The Labute approximate surface area is 76.1 Å². The van der Waals surface area contributed by atoms with Gasteiger partial charge in [0.05, 0.1) is 6.61 Å². The van der Waals surface area contributed by atoms with E-state index in [1.165, 1.54) is 0 Å². The lowest BCUT2D eigenvalue weighted by Gasteiger charge is -2.20. The zero-order valence-electron chi connectivity index (χ0n) is 6.35. The lowest BCUT2D eigenvalue weighted by Crippen LogP contribution is -2.26. The molecule has 1 aliphatic heterocycles. The number of hydrogen-bond donors (Lipinski definition) is 1. The largest absolute Gasteiger partial charge is 0.487 e. The van der Waals surface area contributed by atoms with Crippen LogP contribution in [-0.2, 0) is 9.53 Å².